The summed E-state index contributed by atoms with van der Waals surface area (Å²) >= 11 is 3.53. The lowest BCUT2D eigenvalue weighted by atomic mass is 9.84. The fraction of sp³-hybridized carbons (Fsp3) is 0.0909. The summed E-state index contributed by atoms with van der Waals surface area (Å²) in [7, 11) is 0. The Morgan fingerprint density at radius 2 is 1.89 bits per heavy atom. The smallest absolute Gasteiger partial charge is 0.259 e. The minimum Gasteiger partial charge on any atom is -0.345 e. The van der Waals surface area contributed by atoms with Gasteiger partial charge in [0.25, 0.3) is 5.91 Å². The molecule has 4 nitrogen and oxygen atoms in total. The number of aromatic amines is 1. The van der Waals surface area contributed by atoms with Crippen LogP contribution >= 0.6 is 15.9 Å². The molecule has 132 valence electrons. The number of aromatic nitrogens is 2. The Kier molecular flexibility index (Phi) is 3.49. The van der Waals surface area contributed by atoms with Gasteiger partial charge < -0.3 is 4.98 Å². The SMILES string of the molecule is CC1(c2ccc3nc[nH]c3c2)c2ccccc2C(=O)N1c1cccc(Br)c1. The lowest BCUT2D eigenvalue weighted by molar-refractivity contribution is 0.0984. The van der Waals surface area contributed by atoms with Gasteiger partial charge in [-0.15, -0.1) is 0 Å². The first-order valence-corrected chi connectivity index (χ1v) is 9.51. The quantitative estimate of drug-likeness (QED) is 0.484. The largest absolute Gasteiger partial charge is 0.345 e. The molecule has 5 rings (SSSR count). The van der Waals surface area contributed by atoms with Crippen LogP contribution in [0.15, 0.2) is 77.5 Å². The van der Waals surface area contributed by atoms with E-state index in [2.05, 4.69) is 45.0 Å². The van der Waals surface area contributed by atoms with Crippen molar-refractivity contribution in [2.45, 2.75) is 12.5 Å². The summed E-state index contributed by atoms with van der Waals surface area (Å²) in [6, 6.07) is 21.9. The van der Waals surface area contributed by atoms with Crippen LogP contribution in [0, 0.1) is 0 Å². The molecule has 1 aromatic heterocycles. The van der Waals surface area contributed by atoms with Crippen molar-refractivity contribution in [2.24, 2.45) is 0 Å². The van der Waals surface area contributed by atoms with Crippen molar-refractivity contribution in [1.82, 2.24) is 9.97 Å². The van der Waals surface area contributed by atoms with Crippen LogP contribution in [0.25, 0.3) is 11.0 Å². The predicted octanol–water partition coefficient (Wildman–Crippen LogP) is 5.25. The minimum atomic E-state index is -0.617. The molecule has 0 spiro atoms. The highest BCUT2D eigenvalue weighted by Crippen LogP contribution is 2.47. The van der Waals surface area contributed by atoms with Gasteiger partial charge in [-0.05, 0) is 54.4 Å². The molecule has 0 aliphatic carbocycles. The molecule has 3 aromatic carbocycles. The Balaban J connectivity index is 1.80. The molecule has 1 N–H and O–H groups in total. The second-order valence-corrected chi connectivity index (χ2v) is 7.79. The number of hydrogen-bond donors (Lipinski definition) is 1. The van der Waals surface area contributed by atoms with E-state index in [-0.39, 0.29) is 5.91 Å². The van der Waals surface area contributed by atoms with Crippen LogP contribution < -0.4 is 4.90 Å². The molecule has 1 aliphatic rings. The van der Waals surface area contributed by atoms with Crippen molar-refractivity contribution in [1.29, 1.82) is 0 Å². The molecule has 27 heavy (non-hydrogen) atoms. The van der Waals surface area contributed by atoms with E-state index in [0.717, 1.165) is 37.9 Å². The van der Waals surface area contributed by atoms with Gasteiger partial charge in [0.2, 0.25) is 0 Å². The number of nitrogens with zero attached hydrogens (tertiary/aromatic N) is 2. The second kappa shape index (κ2) is 5.79. The number of imidazole rings is 1. The first-order valence-electron chi connectivity index (χ1n) is 8.72. The fourth-order valence-electron chi connectivity index (χ4n) is 4.05. The number of carbonyl (C=O) groups is 1. The number of hydrogen-bond acceptors (Lipinski definition) is 2. The average Bonchev–Trinajstić information content (AvgIpc) is 3.23. The molecule has 1 unspecified atom stereocenters. The van der Waals surface area contributed by atoms with Gasteiger partial charge in [0, 0.05) is 15.7 Å². The van der Waals surface area contributed by atoms with Crippen LogP contribution in [0.3, 0.4) is 0 Å². The van der Waals surface area contributed by atoms with Crippen LogP contribution in [0.1, 0.15) is 28.4 Å². The number of H-pyrrole nitrogens is 1. The normalized spacial score (nSPS) is 18.9. The number of carbonyl (C=O) groups excluding carboxylic acids is 1. The summed E-state index contributed by atoms with van der Waals surface area (Å²) in [5, 5.41) is 0. The molecule has 4 aromatic rings. The van der Waals surface area contributed by atoms with Crippen molar-refractivity contribution < 1.29 is 4.79 Å². The van der Waals surface area contributed by atoms with Crippen molar-refractivity contribution >= 4 is 38.6 Å². The number of fused-ring (bicyclic) bond motifs is 2. The fourth-order valence-corrected chi connectivity index (χ4v) is 4.44. The van der Waals surface area contributed by atoms with E-state index in [1.54, 1.807) is 6.33 Å². The Morgan fingerprint density at radius 1 is 1.04 bits per heavy atom. The zero-order chi connectivity index (χ0) is 18.6. The maximum absolute atomic E-state index is 13.4. The van der Waals surface area contributed by atoms with Gasteiger partial charge in [-0.2, -0.15) is 0 Å². The van der Waals surface area contributed by atoms with Crippen molar-refractivity contribution in [3.05, 3.63) is 94.2 Å². The van der Waals surface area contributed by atoms with Crippen LogP contribution in [-0.2, 0) is 5.54 Å². The summed E-state index contributed by atoms with van der Waals surface area (Å²) in [6.07, 6.45) is 1.69. The van der Waals surface area contributed by atoms with Crippen LogP contribution in [0.4, 0.5) is 5.69 Å². The van der Waals surface area contributed by atoms with Crippen LogP contribution in [0.2, 0.25) is 0 Å². The maximum atomic E-state index is 13.4. The summed E-state index contributed by atoms with van der Waals surface area (Å²) in [6.45, 7) is 2.11. The molecular weight excluding hydrogens is 402 g/mol. The van der Waals surface area contributed by atoms with E-state index >= 15 is 0 Å². The minimum absolute atomic E-state index is 0.0101. The van der Waals surface area contributed by atoms with Crippen molar-refractivity contribution in [3.63, 3.8) is 0 Å². The monoisotopic (exact) mass is 417 g/mol. The average molecular weight is 418 g/mol. The highest BCUT2D eigenvalue weighted by atomic mass is 79.9. The van der Waals surface area contributed by atoms with Gasteiger partial charge in [0.05, 0.1) is 22.9 Å². The summed E-state index contributed by atoms with van der Waals surface area (Å²) < 4.78 is 0.940. The Bertz CT molecular complexity index is 1200. The Hall–Kier alpha value is -2.92. The lowest BCUT2D eigenvalue weighted by Gasteiger charge is -2.37. The van der Waals surface area contributed by atoms with Gasteiger partial charge in [0.15, 0.2) is 0 Å². The molecule has 0 saturated carbocycles. The van der Waals surface area contributed by atoms with E-state index in [0.29, 0.717) is 0 Å². The molecule has 1 aliphatic heterocycles. The first kappa shape index (κ1) is 16.3. The third-order valence-electron chi connectivity index (χ3n) is 5.38. The zero-order valence-electron chi connectivity index (χ0n) is 14.6. The molecule has 2 heterocycles. The molecule has 0 bridgehead atoms. The number of benzene rings is 3. The van der Waals surface area contributed by atoms with E-state index in [9.17, 15) is 4.79 Å². The summed E-state index contributed by atoms with van der Waals surface area (Å²) in [5.74, 6) is 0.0101. The first-order chi connectivity index (χ1) is 13.1. The van der Waals surface area contributed by atoms with Gasteiger partial charge in [-0.1, -0.05) is 46.3 Å². The summed E-state index contributed by atoms with van der Waals surface area (Å²) in [4.78, 5) is 22.8. The molecule has 5 heteroatoms. The Morgan fingerprint density at radius 3 is 2.74 bits per heavy atom. The molecular formula is C22H16BrN3O. The highest BCUT2D eigenvalue weighted by Gasteiger charge is 2.48. The molecule has 0 fully saturated rings. The molecule has 0 radical (unpaired) electrons. The molecule has 1 atom stereocenters. The number of anilines is 1. The topological polar surface area (TPSA) is 49.0 Å². The Labute approximate surface area is 165 Å². The highest BCUT2D eigenvalue weighted by molar-refractivity contribution is 9.10. The maximum Gasteiger partial charge on any atom is 0.259 e. The van der Waals surface area contributed by atoms with Gasteiger partial charge >= 0.3 is 0 Å². The third kappa shape index (κ3) is 2.28. The van der Waals surface area contributed by atoms with Gasteiger partial charge in [-0.3, -0.25) is 9.69 Å². The van der Waals surface area contributed by atoms with Crippen LogP contribution in [0.5, 0.6) is 0 Å². The number of halogens is 1. The van der Waals surface area contributed by atoms with Gasteiger partial charge in [-0.25, -0.2) is 4.98 Å². The second-order valence-electron chi connectivity index (χ2n) is 6.87. The number of nitrogens with one attached hydrogen (secondary N) is 1. The molecule has 1 amide bonds. The molecule has 0 saturated heterocycles. The van der Waals surface area contributed by atoms with E-state index < -0.39 is 5.54 Å². The lowest BCUT2D eigenvalue weighted by Crippen LogP contribution is -2.42. The van der Waals surface area contributed by atoms with Crippen molar-refractivity contribution in [3.8, 4) is 0 Å². The number of rotatable bonds is 2. The van der Waals surface area contributed by atoms with Crippen LogP contribution in [-0.4, -0.2) is 15.9 Å². The van der Waals surface area contributed by atoms with E-state index in [1.165, 1.54) is 0 Å². The van der Waals surface area contributed by atoms with Gasteiger partial charge in [0.1, 0.15) is 0 Å². The number of amides is 1. The zero-order valence-corrected chi connectivity index (χ0v) is 16.2. The standard InChI is InChI=1S/C22H16BrN3O/c1-22(14-9-10-19-20(11-14)25-13-24-19)18-8-3-2-7-17(18)21(27)26(22)16-6-4-5-15(23)12-16/h2-13H,1H3,(H,24,25). The summed E-state index contributed by atoms with van der Waals surface area (Å²) in [5.41, 5.74) is 4.90. The predicted molar refractivity (Wildman–Crippen MR) is 110 cm³/mol. The van der Waals surface area contributed by atoms with E-state index in [1.807, 2.05) is 59.5 Å². The van der Waals surface area contributed by atoms with E-state index in [4.69, 9.17) is 0 Å². The third-order valence-corrected chi connectivity index (χ3v) is 5.87. The van der Waals surface area contributed by atoms with Crippen molar-refractivity contribution in [2.75, 3.05) is 4.90 Å².